The van der Waals surface area contributed by atoms with Gasteiger partial charge < -0.3 is 14.5 Å². The summed E-state index contributed by atoms with van der Waals surface area (Å²) in [6.45, 7) is 6.69. The molecule has 5 nitrogen and oxygen atoms in total. The highest BCUT2D eigenvalue weighted by atomic mass is 16.5. The third-order valence-electron chi connectivity index (χ3n) is 5.22. The Balaban J connectivity index is 1.64. The van der Waals surface area contributed by atoms with Gasteiger partial charge in [-0.15, -0.1) is 0 Å². The standard InChI is InChI=1S/C20H28N2O3/c1-3-15-7-9-17(10-8-15)22-13-16(12-19(22)23)20(24)21-11-5-6-18(14-21)25-4-2/h7-10,16,18H,3-6,11-14H2,1-2H3/t16-,18+/m0/s1. The van der Waals surface area contributed by atoms with E-state index in [0.717, 1.165) is 31.5 Å². The van der Waals surface area contributed by atoms with Gasteiger partial charge >= 0.3 is 0 Å². The Bertz CT molecular complexity index is 612. The van der Waals surface area contributed by atoms with E-state index in [1.807, 2.05) is 24.0 Å². The Morgan fingerprint density at radius 3 is 2.64 bits per heavy atom. The van der Waals surface area contributed by atoms with Crippen LogP contribution in [0.15, 0.2) is 24.3 Å². The highest BCUT2D eigenvalue weighted by Gasteiger charge is 2.38. The molecule has 0 saturated carbocycles. The number of rotatable bonds is 5. The molecule has 2 aliphatic rings. The predicted octanol–water partition coefficient (Wildman–Crippen LogP) is 2.63. The van der Waals surface area contributed by atoms with Crippen LogP contribution >= 0.6 is 0 Å². The second-order valence-corrected chi connectivity index (χ2v) is 6.93. The molecule has 0 bridgehead atoms. The number of hydrogen-bond donors (Lipinski definition) is 0. The molecule has 5 heteroatoms. The van der Waals surface area contributed by atoms with Gasteiger partial charge in [-0.25, -0.2) is 0 Å². The molecule has 2 fully saturated rings. The lowest BCUT2D eigenvalue weighted by atomic mass is 10.0. The molecule has 2 aliphatic heterocycles. The van der Waals surface area contributed by atoms with E-state index in [0.29, 0.717) is 26.1 Å². The fourth-order valence-corrected chi connectivity index (χ4v) is 3.80. The number of nitrogens with zero attached hydrogens (tertiary/aromatic N) is 2. The molecule has 2 atom stereocenters. The van der Waals surface area contributed by atoms with Crippen molar-refractivity contribution in [1.29, 1.82) is 0 Å². The number of ether oxygens (including phenoxy) is 1. The van der Waals surface area contributed by atoms with E-state index in [9.17, 15) is 9.59 Å². The van der Waals surface area contributed by atoms with Gasteiger partial charge in [0.25, 0.3) is 0 Å². The maximum absolute atomic E-state index is 12.9. The molecule has 0 spiro atoms. The lowest BCUT2D eigenvalue weighted by Crippen LogP contribution is -2.46. The topological polar surface area (TPSA) is 49.9 Å². The lowest BCUT2D eigenvalue weighted by Gasteiger charge is -2.34. The van der Waals surface area contributed by atoms with Gasteiger partial charge in [0.15, 0.2) is 0 Å². The number of amides is 2. The first kappa shape index (κ1) is 17.9. The number of carbonyl (C=O) groups is 2. The van der Waals surface area contributed by atoms with Crippen LogP contribution in [-0.2, 0) is 20.7 Å². The SMILES string of the molecule is CCO[C@@H]1CCCN(C(=O)[C@H]2CC(=O)N(c3ccc(CC)cc3)C2)C1. The van der Waals surface area contributed by atoms with Gasteiger partial charge in [0.05, 0.1) is 12.0 Å². The van der Waals surface area contributed by atoms with Gasteiger partial charge in [0.2, 0.25) is 11.8 Å². The molecule has 2 saturated heterocycles. The van der Waals surface area contributed by atoms with Gasteiger partial charge in [-0.2, -0.15) is 0 Å². The molecule has 2 amide bonds. The predicted molar refractivity (Wildman–Crippen MR) is 97.5 cm³/mol. The van der Waals surface area contributed by atoms with Crippen molar-refractivity contribution in [2.24, 2.45) is 5.92 Å². The maximum Gasteiger partial charge on any atom is 0.228 e. The number of hydrogen-bond acceptors (Lipinski definition) is 3. The summed E-state index contributed by atoms with van der Waals surface area (Å²) in [7, 11) is 0. The molecule has 3 rings (SSSR count). The normalized spacial score (nSPS) is 24.0. The Morgan fingerprint density at radius 2 is 1.96 bits per heavy atom. The lowest BCUT2D eigenvalue weighted by molar-refractivity contribution is -0.139. The third kappa shape index (κ3) is 4.03. The quantitative estimate of drug-likeness (QED) is 0.825. The summed E-state index contributed by atoms with van der Waals surface area (Å²) in [6, 6.07) is 8.06. The van der Waals surface area contributed by atoms with Crippen LogP contribution < -0.4 is 4.90 Å². The van der Waals surface area contributed by atoms with Crippen LogP contribution in [0.5, 0.6) is 0 Å². The molecule has 136 valence electrons. The van der Waals surface area contributed by atoms with Gasteiger partial charge in [-0.05, 0) is 43.9 Å². The number of piperidine rings is 1. The van der Waals surface area contributed by atoms with Gasteiger partial charge in [0.1, 0.15) is 0 Å². The minimum absolute atomic E-state index is 0.0426. The Kier molecular flexibility index (Phi) is 5.74. The van der Waals surface area contributed by atoms with Crippen LogP contribution in [0, 0.1) is 5.92 Å². The largest absolute Gasteiger partial charge is 0.377 e. The van der Waals surface area contributed by atoms with Crippen LogP contribution in [-0.4, -0.2) is 49.1 Å². The first-order valence-electron chi connectivity index (χ1n) is 9.42. The van der Waals surface area contributed by atoms with E-state index in [4.69, 9.17) is 4.74 Å². The fraction of sp³-hybridized carbons (Fsp3) is 0.600. The summed E-state index contributed by atoms with van der Waals surface area (Å²) in [4.78, 5) is 28.9. The molecule has 0 aliphatic carbocycles. The van der Waals surface area contributed by atoms with Crippen molar-refractivity contribution in [3.05, 3.63) is 29.8 Å². The first-order valence-corrected chi connectivity index (χ1v) is 9.42. The van der Waals surface area contributed by atoms with Gasteiger partial charge in [0, 0.05) is 38.3 Å². The highest BCUT2D eigenvalue weighted by Crippen LogP contribution is 2.27. The van der Waals surface area contributed by atoms with Crippen LogP contribution in [0.2, 0.25) is 0 Å². The fourth-order valence-electron chi connectivity index (χ4n) is 3.80. The van der Waals surface area contributed by atoms with E-state index in [2.05, 4.69) is 19.1 Å². The van der Waals surface area contributed by atoms with Crippen molar-refractivity contribution in [2.75, 3.05) is 31.1 Å². The van der Waals surface area contributed by atoms with E-state index in [-0.39, 0.29) is 23.8 Å². The summed E-state index contributed by atoms with van der Waals surface area (Å²) in [6.07, 6.45) is 3.41. The molecule has 1 aromatic rings. The highest BCUT2D eigenvalue weighted by molar-refractivity contribution is 6.00. The molecule has 0 unspecified atom stereocenters. The van der Waals surface area contributed by atoms with Gasteiger partial charge in [-0.3, -0.25) is 9.59 Å². The molecule has 0 aromatic heterocycles. The monoisotopic (exact) mass is 344 g/mol. The maximum atomic E-state index is 12.9. The van der Waals surface area contributed by atoms with Crippen molar-refractivity contribution in [2.45, 2.75) is 45.6 Å². The van der Waals surface area contributed by atoms with E-state index in [1.54, 1.807) is 4.90 Å². The van der Waals surface area contributed by atoms with E-state index < -0.39 is 0 Å². The summed E-state index contributed by atoms with van der Waals surface area (Å²) >= 11 is 0. The van der Waals surface area contributed by atoms with Crippen molar-refractivity contribution in [1.82, 2.24) is 4.90 Å². The zero-order valence-corrected chi connectivity index (χ0v) is 15.2. The summed E-state index contributed by atoms with van der Waals surface area (Å²) in [5, 5.41) is 0. The molecular formula is C20H28N2O3. The molecule has 0 radical (unpaired) electrons. The van der Waals surface area contributed by atoms with Crippen LogP contribution in [0.4, 0.5) is 5.69 Å². The van der Waals surface area contributed by atoms with E-state index in [1.165, 1.54) is 5.56 Å². The van der Waals surface area contributed by atoms with Crippen LogP contribution in [0.25, 0.3) is 0 Å². The zero-order chi connectivity index (χ0) is 17.8. The van der Waals surface area contributed by atoms with Crippen molar-refractivity contribution in [3.63, 3.8) is 0 Å². The van der Waals surface area contributed by atoms with Crippen molar-refractivity contribution >= 4 is 17.5 Å². The second kappa shape index (κ2) is 8.00. The molecular weight excluding hydrogens is 316 g/mol. The van der Waals surface area contributed by atoms with Gasteiger partial charge in [-0.1, -0.05) is 19.1 Å². The Hall–Kier alpha value is -1.88. The minimum atomic E-state index is -0.237. The average Bonchev–Trinajstić information content (AvgIpc) is 3.03. The summed E-state index contributed by atoms with van der Waals surface area (Å²) in [5.41, 5.74) is 2.14. The number of benzene rings is 1. The van der Waals surface area contributed by atoms with Crippen LogP contribution in [0.1, 0.15) is 38.7 Å². The Morgan fingerprint density at radius 1 is 1.20 bits per heavy atom. The summed E-state index contributed by atoms with van der Waals surface area (Å²) in [5.74, 6) is -0.0925. The number of anilines is 1. The number of aryl methyl sites for hydroxylation is 1. The minimum Gasteiger partial charge on any atom is -0.377 e. The van der Waals surface area contributed by atoms with Crippen molar-refractivity contribution in [3.8, 4) is 0 Å². The van der Waals surface area contributed by atoms with E-state index >= 15 is 0 Å². The van der Waals surface area contributed by atoms with Crippen LogP contribution in [0.3, 0.4) is 0 Å². The molecule has 1 aromatic carbocycles. The Labute approximate surface area is 149 Å². The summed E-state index contributed by atoms with van der Waals surface area (Å²) < 4.78 is 5.69. The number of carbonyl (C=O) groups excluding carboxylic acids is 2. The third-order valence-corrected chi connectivity index (χ3v) is 5.22. The van der Waals surface area contributed by atoms with Crippen molar-refractivity contribution < 1.29 is 14.3 Å². The average molecular weight is 344 g/mol. The number of likely N-dealkylation sites (tertiary alicyclic amines) is 1. The first-order chi connectivity index (χ1) is 12.1. The smallest absolute Gasteiger partial charge is 0.228 e. The zero-order valence-electron chi connectivity index (χ0n) is 15.2. The second-order valence-electron chi connectivity index (χ2n) is 6.93. The molecule has 25 heavy (non-hydrogen) atoms. The molecule has 2 heterocycles. The molecule has 0 N–H and O–H groups in total.